The smallest absolute Gasteiger partial charge is 0.224 e. The molecular formula is C24H19ClN2O2. The van der Waals surface area contributed by atoms with Crippen LogP contribution in [-0.2, 0) is 11.3 Å². The second-order valence-electron chi connectivity index (χ2n) is 6.98. The fraction of sp³-hybridized carbons (Fsp3) is 0.125. The van der Waals surface area contributed by atoms with E-state index in [4.69, 9.17) is 16.6 Å². The predicted molar refractivity (Wildman–Crippen MR) is 117 cm³/mol. The van der Waals surface area contributed by atoms with Crippen molar-refractivity contribution in [1.29, 1.82) is 0 Å². The number of anilines is 1. The molecule has 0 saturated carbocycles. The van der Waals surface area contributed by atoms with Crippen molar-refractivity contribution in [2.24, 2.45) is 0 Å². The van der Waals surface area contributed by atoms with Gasteiger partial charge in [-0.3, -0.25) is 14.6 Å². The molecule has 4 nitrogen and oxygen atoms in total. The van der Waals surface area contributed by atoms with E-state index in [9.17, 15) is 9.59 Å². The Hall–Kier alpha value is -3.24. The number of hydrogen-bond acceptors (Lipinski definition) is 3. The number of fused-ring (bicyclic) bond motifs is 2. The van der Waals surface area contributed by atoms with Gasteiger partial charge in [-0.2, -0.15) is 0 Å². The van der Waals surface area contributed by atoms with Crippen LogP contribution in [0.1, 0.15) is 41.0 Å². The van der Waals surface area contributed by atoms with Crippen LogP contribution in [0.15, 0.2) is 54.6 Å². The minimum Gasteiger partial charge on any atom is -0.306 e. The first-order valence-corrected chi connectivity index (χ1v) is 9.68. The van der Waals surface area contributed by atoms with Crippen molar-refractivity contribution in [2.45, 2.75) is 20.4 Å². The van der Waals surface area contributed by atoms with E-state index in [-0.39, 0.29) is 11.7 Å². The lowest BCUT2D eigenvalue weighted by Gasteiger charge is -2.25. The molecule has 0 unspecified atom stereocenters. The van der Waals surface area contributed by atoms with Crippen molar-refractivity contribution >= 4 is 41.1 Å². The Kier molecular flexibility index (Phi) is 5.03. The Morgan fingerprint density at radius 3 is 2.48 bits per heavy atom. The topological polar surface area (TPSA) is 50.3 Å². The number of ketones is 1. The minimum atomic E-state index is -0.0776. The molecule has 1 amide bonds. The lowest BCUT2D eigenvalue weighted by atomic mass is 9.99. The first-order valence-electron chi connectivity index (χ1n) is 9.30. The first kappa shape index (κ1) is 19.1. The van der Waals surface area contributed by atoms with Crippen LogP contribution in [-0.4, -0.2) is 16.7 Å². The lowest BCUT2D eigenvalue weighted by Crippen LogP contribution is -2.29. The highest BCUT2D eigenvalue weighted by Crippen LogP contribution is 2.32. The molecule has 0 radical (unpaired) electrons. The molecule has 0 fully saturated rings. The van der Waals surface area contributed by atoms with Gasteiger partial charge in [0, 0.05) is 23.1 Å². The third-order valence-electron chi connectivity index (χ3n) is 5.00. The van der Waals surface area contributed by atoms with Gasteiger partial charge in [0.2, 0.25) is 5.91 Å². The molecule has 29 heavy (non-hydrogen) atoms. The van der Waals surface area contributed by atoms with Crippen LogP contribution < -0.4 is 4.90 Å². The van der Waals surface area contributed by atoms with Gasteiger partial charge in [0.15, 0.2) is 5.78 Å². The summed E-state index contributed by atoms with van der Waals surface area (Å²) >= 11 is 6.15. The molecule has 3 aromatic rings. The maximum atomic E-state index is 12.4. The second-order valence-corrected chi connectivity index (χ2v) is 7.41. The van der Waals surface area contributed by atoms with Gasteiger partial charge in [-0.15, -0.1) is 0 Å². The number of carbonyl (C=O) groups is 2. The highest BCUT2D eigenvalue weighted by atomic mass is 35.5. The zero-order valence-electron chi connectivity index (χ0n) is 16.1. The van der Waals surface area contributed by atoms with Gasteiger partial charge in [-0.25, -0.2) is 0 Å². The number of amides is 1. The van der Waals surface area contributed by atoms with Gasteiger partial charge in [0.05, 0.1) is 23.6 Å². The summed E-state index contributed by atoms with van der Waals surface area (Å²) in [6.07, 6.45) is 3.93. The maximum Gasteiger partial charge on any atom is 0.224 e. The third kappa shape index (κ3) is 3.71. The number of nitrogens with zero attached hydrogens (tertiary/aromatic N) is 2. The molecule has 0 atom stereocenters. The van der Waals surface area contributed by atoms with Crippen molar-refractivity contribution in [3.63, 3.8) is 0 Å². The standard InChI is InChI=1S/C24H19ClN2O2/c1-15(28)20-5-3-4-6-21(20)22-11-9-17-7-8-18-13-19(25)10-12-24(18)27(16(2)29)14-23(17)26-22/h3-13H,14H2,1-2H3/b8-7-. The fourth-order valence-electron chi connectivity index (χ4n) is 3.55. The molecule has 0 bridgehead atoms. The molecule has 1 aliphatic heterocycles. The van der Waals surface area contributed by atoms with Gasteiger partial charge >= 0.3 is 0 Å². The summed E-state index contributed by atoms with van der Waals surface area (Å²) in [5.41, 5.74) is 5.49. The van der Waals surface area contributed by atoms with Gasteiger partial charge < -0.3 is 4.90 Å². The summed E-state index contributed by atoms with van der Waals surface area (Å²) in [6.45, 7) is 3.42. The lowest BCUT2D eigenvalue weighted by molar-refractivity contribution is -0.116. The summed E-state index contributed by atoms with van der Waals surface area (Å²) in [6, 6.07) is 16.8. The van der Waals surface area contributed by atoms with Crippen molar-refractivity contribution in [1.82, 2.24) is 4.98 Å². The van der Waals surface area contributed by atoms with E-state index in [1.165, 1.54) is 6.92 Å². The largest absolute Gasteiger partial charge is 0.306 e. The molecule has 1 aromatic heterocycles. The normalized spacial score (nSPS) is 13.7. The number of pyridine rings is 1. The molecule has 0 spiro atoms. The molecule has 2 heterocycles. The third-order valence-corrected chi connectivity index (χ3v) is 5.24. The Labute approximate surface area is 174 Å². The molecule has 5 heteroatoms. The molecule has 2 aromatic carbocycles. The number of Topliss-reactive ketones (excluding diaryl/α,β-unsaturated/α-hetero) is 1. The summed E-state index contributed by atoms with van der Waals surface area (Å²) in [5, 5.41) is 0.618. The molecule has 144 valence electrons. The van der Waals surface area contributed by atoms with E-state index < -0.39 is 0 Å². The average molecular weight is 403 g/mol. The monoisotopic (exact) mass is 402 g/mol. The van der Waals surface area contributed by atoms with Gasteiger partial charge in [-0.1, -0.05) is 54.1 Å². The van der Waals surface area contributed by atoms with Gasteiger partial charge in [0.25, 0.3) is 0 Å². The number of aromatic nitrogens is 1. The summed E-state index contributed by atoms with van der Waals surface area (Å²) in [5.74, 6) is -0.0867. The summed E-state index contributed by atoms with van der Waals surface area (Å²) in [7, 11) is 0. The van der Waals surface area contributed by atoms with Crippen molar-refractivity contribution in [3.05, 3.63) is 82.0 Å². The van der Waals surface area contributed by atoms with E-state index in [0.29, 0.717) is 22.8 Å². The number of hydrogen-bond donors (Lipinski definition) is 0. The highest BCUT2D eigenvalue weighted by molar-refractivity contribution is 6.30. The SMILES string of the molecule is CC(=O)c1ccccc1-c1ccc2c(n1)CN(C(C)=O)c1ccc(Cl)cc1/C=C\2. The Balaban J connectivity index is 1.86. The van der Waals surface area contributed by atoms with E-state index in [2.05, 4.69) is 0 Å². The van der Waals surface area contributed by atoms with Crippen LogP contribution in [0.5, 0.6) is 0 Å². The van der Waals surface area contributed by atoms with E-state index in [1.807, 2.05) is 54.6 Å². The first-order chi connectivity index (χ1) is 13.9. The quantitative estimate of drug-likeness (QED) is 0.521. The van der Waals surface area contributed by atoms with Crippen LogP contribution in [0, 0.1) is 0 Å². The predicted octanol–water partition coefficient (Wildman–Crippen LogP) is 5.64. The molecule has 0 aliphatic carbocycles. The zero-order chi connectivity index (χ0) is 20.5. The number of halogens is 1. The van der Waals surface area contributed by atoms with Gasteiger partial charge in [0.1, 0.15) is 0 Å². The van der Waals surface area contributed by atoms with E-state index >= 15 is 0 Å². The number of benzene rings is 2. The van der Waals surface area contributed by atoms with Crippen molar-refractivity contribution < 1.29 is 9.59 Å². The fourth-order valence-corrected chi connectivity index (χ4v) is 3.73. The average Bonchev–Trinajstić information content (AvgIpc) is 2.69. The van der Waals surface area contributed by atoms with Crippen LogP contribution in [0.3, 0.4) is 0 Å². The number of carbonyl (C=O) groups excluding carboxylic acids is 2. The van der Waals surface area contributed by atoms with Gasteiger partial charge in [-0.05, 0) is 42.3 Å². The van der Waals surface area contributed by atoms with Crippen molar-refractivity contribution in [2.75, 3.05) is 4.90 Å². The van der Waals surface area contributed by atoms with E-state index in [0.717, 1.165) is 28.1 Å². The minimum absolute atomic E-state index is 0.00907. The second kappa shape index (κ2) is 7.64. The molecule has 0 saturated heterocycles. The maximum absolute atomic E-state index is 12.4. The molecule has 0 N–H and O–H groups in total. The zero-order valence-corrected chi connectivity index (χ0v) is 16.9. The summed E-state index contributed by atoms with van der Waals surface area (Å²) in [4.78, 5) is 31.0. The Morgan fingerprint density at radius 1 is 0.966 bits per heavy atom. The number of rotatable bonds is 2. The van der Waals surface area contributed by atoms with E-state index in [1.54, 1.807) is 24.0 Å². The van der Waals surface area contributed by atoms with Crippen LogP contribution >= 0.6 is 11.6 Å². The van der Waals surface area contributed by atoms with Crippen molar-refractivity contribution in [3.8, 4) is 11.3 Å². The molecule has 1 aliphatic rings. The van der Waals surface area contributed by atoms with Crippen LogP contribution in [0.2, 0.25) is 5.02 Å². The Morgan fingerprint density at radius 2 is 1.72 bits per heavy atom. The molecule has 4 rings (SSSR count). The van der Waals surface area contributed by atoms with Crippen LogP contribution in [0.25, 0.3) is 23.4 Å². The molecular weight excluding hydrogens is 384 g/mol. The highest BCUT2D eigenvalue weighted by Gasteiger charge is 2.20. The Bertz CT molecular complexity index is 1170. The summed E-state index contributed by atoms with van der Waals surface area (Å²) < 4.78 is 0. The van der Waals surface area contributed by atoms with Crippen LogP contribution in [0.4, 0.5) is 5.69 Å².